The fraction of sp³-hybridized carbons (Fsp3) is 0.474. The van der Waals surface area contributed by atoms with Crippen LogP contribution >= 0.6 is 35.7 Å². The van der Waals surface area contributed by atoms with Crippen LogP contribution in [-0.2, 0) is 19.3 Å². The van der Waals surface area contributed by atoms with Gasteiger partial charge in [-0.15, -0.1) is 24.0 Å². The van der Waals surface area contributed by atoms with Gasteiger partial charge in [0.2, 0.25) is 0 Å². The number of thioether (sulfide) groups is 1. The zero-order valence-electron chi connectivity index (χ0n) is 16.3. The zero-order valence-corrected chi connectivity index (χ0v) is 19.4. The van der Waals surface area contributed by atoms with Gasteiger partial charge in [-0.05, 0) is 26.3 Å². The molecule has 1 aromatic heterocycles. The van der Waals surface area contributed by atoms with Gasteiger partial charge in [-0.25, -0.2) is 0 Å². The van der Waals surface area contributed by atoms with E-state index in [0.717, 1.165) is 36.2 Å². The molecule has 0 saturated carbocycles. The number of aromatic nitrogens is 2. The smallest absolute Gasteiger partial charge is 0.191 e. The van der Waals surface area contributed by atoms with Gasteiger partial charge in [-0.2, -0.15) is 16.9 Å². The van der Waals surface area contributed by atoms with Crippen LogP contribution in [0.3, 0.4) is 0 Å². The Labute approximate surface area is 178 Å². The zero-order chi connectivity index (χ0) is 18.2. The molecule has 0 fully saturated rings. The van der Waals surface area contributed by atoms with Crippen molar-refractivity contribution in [1.82, 2.24) is 20.4 Å². The molecule has 0 saturated heterocycles. The summed E-state index contributed by atoms with van der Waals surface area (Å²) in [6.45, 7) is 7.88. The first-order valence-electron chi connectivity index (χ1n) is 8.58. The number of guanidine groups is 1. The highest BCUT2D eigenvalue weighted by Crippen LogP contribution is 2.12. The van der Waals surface area contributed by atoms with E-state index in [1.165, 1.54) is 22.4 Å². The summed E-state index contributed by atoms with van der Waals surface area (Å²) in [5.41, 5.74) is 6.18. The van der Waals surface area contributed by atoms with Crippen molar-refractivity contribution in [2.24, 2.45) is 12.0 Å². The Morgan fingerprint density at radius 1 is 1.15 bits per heavy atom. The first kappa shape index (κ1) is 22.8. The SMILES string of the molecule is CN=C(NCCSCc1ccc(C)cc1)NCc1c(C)nn(C)c1C.I. The molecule has 5 nitrogen and oxygen atoms in total. The summed E-state index contributed by atoms with van der Waals surface area (Å²) in [6.07, 6.45) is 0. The van der Waals surface area contributed by atoms with E-state index in [4.69, 9.17) is 0 Å². The number of aryl methyl sites for hydroxylation is 3. The van der Waals surface area contributed by atoms with Crippen LogP contribution in [0.1, 0.15) is 28.1 Å². The maximum atomic E-state index is 4.45. The van der Waals surface area contributed by atoms with Crippen LogP contribution in [0.2, 0.25) is 0 Å². The minimum Gasteiger partial charge on any atom is -0.356 e. The van der Waals surface area contributed by atoms with Crippen molar-refractivity contribution in [3.05, 3.63) is 52.3 Å². The fourth-order valence-electron chi connectivity index (χ4n) is 2.58. The number of aliphatic imine (C=N–C) groups is 1. The first-order valence-corrected chi connectivity index (χ1v) is 9.73. The number of hydrogen-bond acceptors (Lipinski definition) is 3. The van der Waals surface area contributed by atoms with Gasteiger partial charge in [0.05, 0.1) is 5.69 Å². The average Bonchev–Trinajstić information content (AvgIpc) is 2.84. The van der Waals surface area contributed by atoms with E-state index < -0.39 is 0 Å². The molecule has 0 bridgehead atoms. The van der Waals surface area contributed by atoms with E-state index in [0.29, 0.717) is 0 Å². The Hall–Kier alpha value is -1.22. The number of nitrogens with zero attached hydrogens (tertiary/aromatic N) is 3. The molecule has 144 valence electrons. The monoisotopic (exact) mass is 487 g/mol. The Balaban J connectivity index is 0.00000338. The quantitative estimate of drug-likeness (QED) is 0.272. The molecule has 2 rings (SSSR count). The van der Waals surface area contributed by atoms with Crippen LogP contribution in [0.5, 0.6) is 0 Å². The van der Waals surface area contributed by atoms with Gasteiger partial charge < -0.3 is 10.6 Å². The van der Waals surface area contributed by atoms with E-state index in [1.54, 1.807) is 7.05 Å². The van der Waals surface area contributed by atoms with Crippen molar-refractivity contribution in [3.63, 3.8) is 0 Å². The third kappa shape index (κ3) is 6.83. The first-order chi connectivity index (χ1) is 12.0. The largest absolute Gasteiger partial charge is 0.356 e. The molecule has 1 aromatic carbocycles. The Morgan fingerprint density at radius 2 is 1.85 bits per heavy atom. The van der Waals surface area contributed by atoms with Gasteiger partial charge in [0.15, 0.2) is 5.96 Å². The minimum atomic E-state index is 0. The topological polar surface area (TPSA) is 54.2 Å². The molecule has 0 spiro atoms. The maximum absolute atomic E-state index is 4.45. The molecule has 0 aliphatic heterocycles. The highest BCUT2D eigenvalue weighted by molar-refractivity contribution is 14.0. The lowest BCUT2D eigenvalue weighted by Gasteiger charge is -2.12. The van der Waals surface area contributed by atoms with Crippen molar-refractivity contribution < 1.29 is 0 Å². The molecule has 0 atom stereocenters. The second-order valence-corrected chi connectivity index (χ2v) is 7.27. The molecule has 2 aromatic rings. The van der Waals surface area contributed by atoms with E-state index in [1.807, 2.05) is 30.4 Å². The summed E-state index contributed by atoms with van der Waals surface area (Å²) < 4.78 is 1.92. The van der Waals surface area contributed by atoms with E-state index in [9.17, 15) is 0 Å². The van der Waals surface area contributed by atoms with Gasteiger partial charge in [-0.3, -0.25) is 9.67 Å². The normalized spacial score (nSPS) is 11.2. The lowest BCUT2D eigenvalue weighted by Crippen LogP contribution is -2.38. The van der Waals surface area contributed by atoms with Gasteiger partial charge in [0.1, 0.15) is 0 Å². The van der Waals surface area contributed by atoms with E-state index >= 15 is 0 Å². The molecule has 0 unspecified atom stereocenters. The highest BCUT2D eigenvalue weighted by atomic mass is 127. The predicted octanol–water partition coefficient (Wildman–Crippen LogP) is 3.56. The minimum absolute atomic E-state index is 0. The number of hydrogen-bond donors (Lipinski definition) is 2. The number of nitrogens with one attached hydrogen (secondary N) is 2. The Morgan fingerprint density at radius 3 is 2.42 bits per heavy atom. The summed E-state index contributed by atoms with van der Waals surface area (Å²) in [5.74, 6) is 2.92. The summed E-state index contributed by atoms with van der Waals surface area (Å²) >= 11 is 1.93. The second kappa shape index (κ2) is 11.5. The van der Waals surface area contributed by atoms with Crippen LogP contribution in [0.4, 0.5) is 0 Å². The van der Waals surface area contributed by atoms with Crippen molar-refractivity contribution in [3.8, 4) is 0 Å². The number of benzene rings is 1. The van der Waals surface area contributed by atoms with Crippen LogP contribution in [-0.4, -0.2) is 35.1 Å². The summed E-state index contributed by atoms with van der Waals surface area (Å²) in [5, 5.41) is 11.2. The number of halogens is 1. The predicted molar refractivity (Wildman–Crippen MR) is 124 cm³/mol. The van der Waals surface area contributed by atoms with Crippen molar-refractivity contribution in [2.45, 2.75) is 33.1 Å². The third-order valence-electron chi connectivity index (χ3n) is 4.24. The lowest BCUT2D eigenvalue weighted by atomic mass is 10.2. The van der Waals surface area contributed by atoms with E-state index in [-0.39, 0.29) is 24.0 Å². The molecule has 0 aliphatic carbocycles. The molecular formula is C19H30IN5S. The molecule has 0 aliphatic rings. The average molecular weight is 487 g/mol. The molecule has 26 heavy (non-hydrogen) atoms. The third-order valence-corrected chi connectivity index (χ3v) is 5.27. The van der Waals surface area contributed by atoms with Crippen LogP contribution < -0.4 is 10.6 Å². The lowest BCUT2D eigenvalue weighted by molar-refractivity contribution is 0.729. The van der Waals surface area contributed by atoms with Crippen molar-refractivity contribution in [1.29, 1.82) is 0 Å². The highest BCUT2D eigenvalue weighted by Gasteiger charge is 2.09. The van der Waals surface area contributed by atoms with Gasteiger partial charge >= 0.3 is 0 Å². The van der Waals surface area contributed by atoms with Crippen LogP contribution in [0.25, 0.3) is 0 Å². The second-order valence-electron chi connectivity index (χ2n) is 6.16. The van der Waals surface area contributed by atoms with Crippen LogP contribution in [0, 0.1) is 20.8 Å². The molecule has 0 amide bonds. The maximum Gasteiger partial charge on any atom is 0.191 e. The molecule has 2 N–H and O–H groups in total. The molecular weight excluding hydrogens is 457 g/mol. The summed E-state index contributed by atoms with van der Waals surface area (Å²) in [4.78, 5) is 4.29. The molecule has 0 radical (unpaired) electrons. The van der Waals surface area contributed by atoms with Crippen molar-refractivity contribution >= 4 is 41.7 Å². The standard InChI is InChI=1S/C19H29N5S.HI/c1-14-6-8-17(9-7-14)13-25-11-10-21-19(20-4)22-12-18-15(2)23-24(5)16(18)3;/h6-9H,10-13H2,1-5H3,(H2,20,21,22);1H. The van der Waals surface area contributed by atoms with Crippen LogP contribution in [0.15, 0.2) is 29.3 Å². The number of rotatable bonds is 7. The molecule has 7 heteroatoms. The Kier molecular flexibility index (Phi) is 10.1. The van der Waals surface area contributed by atoms with Gasteiger partial charge in [0, 0.05) is 49.9 Å². The Bertz CT molecular complexity index is 709. The van der Waals surface area contributed by atoms with Crippen molar-refractivity contribution in [2.75, 3.05) is 19.3 Å². The van der Waals surface area contributed by atoms with Gasteiger partial charge in [-0.1, -0.05) is 29.8 Å². The molecule has 1 heterocycles. The van der Waals surface area contributed by atoms with E-state index in [2.05, 4.69) is 58.8 Å². The van der Waals surface area contributed by atoms with Gasteiger partial charge in [0.25, 0.3) is 0 Å². The summed E-state index contributed by atoms with van der Waals surface area (Å²) in [7, 11) is 3.78. The fourth-order valence-corrected chi connectivity index (χ4v) is 3.40. The summed E-state index contributed by atoms with van der Waals surface area (Å²) in [6, 6.07) is 8.74.